The standard InChI is InChI=1S/C16H22N4OS/c1-2-15(22-7-1)16-12(9-18-19-16)8-17-10-14-11-20(5-6-21-14)13-3-4-13/h1-2,7,9,13-14,17H,3-6,8,10-11H2,(H,18,19). The van der Waals surface area contributed by atoms with E-state index in [4.69, 9.17) is 4.74 Å². The summed E-state index contributed by atoms with van der Waals surface area (Å²) in [5.41, 5.74) is 2.35. The Labute approximate surface area is 134 Å². The van der Waals surface area contributed by atoms with E-state index < -0.39 is 0 Å². The van der Waals surface area contributed by atoms with Crippen LogP contribution >= 0.6 is 11.3 Å². The van der Waals surface area contributed by atoms with Gasteiger partial charge in [-0.3, -0.25) is 10.00 Å². The van der Waals surface area contributed by atoms with E-state index in [1.165, 1.54) is 23.3 Å². The van der Waals surface area contributed by atoms with E-state index in [0.717, 1.165) is 44.5 Å². The number of aromatic nitrogens is 2. The van der Waals surface area contributed by atoms with E-state index in [1.807, 2.05) is 6.20 Å². The average molecular weight is 318 g/mol. The number of thiophene rings is 1. The Morgan fingerprint density at radius 2 is 2.41 bits per heavy atom. The first kappa shape index (κ1) is 14.4. The maximum absolute atomic E-state index is 5.88. The Hall–Kier alpha value is -1.21. The number of aromatic amines is 1. The molecule has 1 atom stereocenters. The van der Waals surface area contributed by atoms with Crippen molar-refractivity contribution in [1.29, 1.82) is 0 Å². The van der Waals surface area contributed by atoms with Gasteiger partial charge in [0.15, 0.2) is 0 Å². The van der Waals surface area contributed by atoms with E-state index in [-0.39, 0.29) is 0 Å². The van der Waals surface area contributed by atoms with Crippen molar-refractivity contribution in [2.75, 3.05) is 26.2 Å². The van der Waals surface area contributed by atoms with Gasteiger partial charge in [0, 0.05) is 37.8 Å². The summed E-state index contributed by atoms with van der Waals surface area (Å²) in [6.07, 6.45) is 4.98. The fourth-order valence-corrected chi connectivity index (χ4v) is 3.84. The average Bonchev–Trinajstić information content (AvgIpc) is 3.06. The van der Waals surface area contributed by atoms with Crippen LogP contribution in [-0.4, -0.2) is 53.5 Å². The molecule has 5 nitrogen and oxygen atoms in total. The highest BCUT2D eigenvalue weighted by Gasteiger charge is 2.32. The lowest BCUT2D eigenvalue weighted by Crippen LogP contribution is -2.47. The SMILES string of the molecule is c1csc(-c2[nH]ncc2CNCC2CN(C3CC3)CCO2)c1. The molecule has 4 rings (SSSR count). The van der Waals surface area contributed by atoms with Crippen molar-refractivity contribution < 1.29 is 4.74 Å². The number of ether oxygens (including phenoxy) is 1. The predicted octanol–water partition coefficient (Wildman–Crippen LogP) is 2.09. The van der Waals surface area contributed by atoms with Crippen molar-refractivity contribution in [3.05, 3.63) is 29.3 Å². The molecule has 2 fully saturated rings. The third-order valence-corrected chi connectivity index (χ3v) is 5.29. The second-order valence-corrected chi connectivity index (χ2v) is 7.05. The van der Waals surface area contributed by atoms with Crippen LogP contribution < -0.4 is 5.32 Å². The zero-order chi connectivity index (χ0) is 14.8. The molecule has 2 aliphatic rings. The first-order chi connectivity index (χ1) is 10.9. The quantitative estimate of drug-likeness (QED) is 0.856. The highest BCUT2D eigenvalue weighted by Crippen LogP contribution is 2.28. The molecule has 22 heavy (non-hydrogen) atoms. The van der Waals surface area contributed by atoms with Gasteiger partial charge >= 0.3 is 0 Å². The fourth-order valence-electron chi connectivity index (χ4n) is 3.08. The number of morpholine rings is 1. The van der Waals surface area contributed by atoms with Crippen LogP contribution in [0.15, 0.2) is 23.7 Å². The molecule has 6 heteroatoms. The smallest absolute Gasteiger partial charge is 0.0826 e. The third kappa shape index (κ3) is 3.25. The van der Waals surface area contributed by atoms with Crippen molar-refractivity contribution in [2.24, 2.45) is 0 Å². The molecule has 118 valence electrons. The van der Waals surface area contributed by atoms with Crippen molar-refractivity contribution >= 4 is 11.3 Å². The summed E-state index contributed by atoms with van der Waals surface area (Å²) in [5.74, 6) is 0. The van der Waals surface area contributed by atoms with Gasteiger partial charge in [-0.25, -0.2) is 0 Å². The van der Waals surface area contributed by atoms with Gasteiger partial charge in [-0.2, -0.15) is 5.10 Å². The minimum absolute atomic E-state index is 0.312. The summed E-state index contributed by atoms with van der Waals surface area (Å²) in [4.78, 5) is 3.83. The van der Waals surface area contributed by atoms with Crippen LogP contribution in [0.5, 0.6) is 0 Å². The Kier molecular flexibility index (Phi) is 4.25. The Morgan fingerprint density at radius 1 is 1.45 bits per heavy atom. The van der Waals surface area contributed by atoms with Crippen molar-refractivity contribution in [2.45, 2.75) is 31.5 Å². The summed E-state index contributed by atoms with van der Waals surface area (Å²) in [6, 6.07) is 5.03. The highest BCUT2D eigenvalue weighted by molar-refractivity contribution is 7.13. The van der Waals surface area contributed by atoms with E-state index in [9.17, 15) is 0 Å². The van der Waals surface area contributed by atoms with Gasteiger partial charge in [-0.05, 0) is 24.3 Å². The van der Waals surface area contributed by atoms with Crippen LogP contribution in [0, 0.1) is 0 Å². The monoisotopic (exact) mass is 318 g/mol. The molecule has 0 radical (unpaired) electrons. The molecular formula is C16H22N4OS. The molecule has 1 saturated carbocycles. The van der Waals surface area contributed by atoms with E-state index in [1.54, 1.807) is 11.3 Å². The molecule has 1 saturated heterocycles. The summed E-state index contributed by atoms with van der Waals surface area (Å²) in [6.45, 7) is 4.77. The highest BCUT2D eigenvalue weighted by atomic mass is 32.1. The first-order valence-electron chi connectivity index (χ1n) is 8.02. The van der Waals surface area contributed by atoms with E-state index in [0.29, 0.717) is 6.10 Å². The summed E-state index contributed by atoms with van der Waals surface area (Å²) < 4.78 is 5.88. The van der Waals surface area contributed by atoms with Crippen LogP contribution in [0.3, 0.4) is 0 Å². The zero-order valence-corrected chi connectivity index (χ0v) is 13.4. The van der Waals surface area contributed by atoms with Crippen molar-refractivity contribution in [1.82, 2.24) is 20.4 Å². The summed E-state index contributed by atoms with van der Waals surface area (Å²) in [5, 5.41) is 12.9. The molecule has 0 aromatic carbocycles. The predicted molar refractivity (Wildman–Crippen MR) is 87.9 cm³/mol. The minimum atomic E-state index is 0.312. The summed E-state index contributed by atoms with van der Waals surface area (Å²) in [7, 11) is 0. The first-order valence-corrected chi connectivity index (χ1v) is 8.90. The van der Waals surface area contributed by atoms with Gasteiger partial charge in [-0.15, -0.1) is 11.3 Å². The summed E-state index contributed by atoms with van der Waals surface area (Å²) >= 11 is 1.74. The van der Waals surface area contributed by atoms with Gasteiger partial charge in [0.25, 0.3) is 0 Å². The molecule has 1 aliphatic carbocycles. The molecule has 2 aromatic rings. The molecule has 0 amide bonds. The Bertz CT molecular complexity index is 593. The number of hydrogen-bond acceptors (Lipinski definition) is 5. The van der Waals surface area contributed by atoms with Crippen LogP contribution in [0.4, 0.5) is 0 Å². The van der Waals surface area contributed by atoms with E-state index >= 15 is 0 Å². The molecule has 0 bridgehead atoms. The molecule has 1 aliphatic heterocycles. The lowest BCUT2D eigenvalue weighted by atomic mass is 10.2. The van der Waals surface area contributed by atoms with Gasteiger partial charge < -0.3 is 10.1 Å². The Balaban J connectivity index is 1.29. The van der Waals surface area contributed by atoms with Gasteiger partial charge in [0.2, 0.25) is 0 Å². The molecule has 1 unspecified atom stereocenters. The molecule has 2 N–H and O–H groups in total. The van der Waals surface area contributed by atoms with Crippen molar-refractivity contribution in [3.63, 3.8) is 0 Å². The van der Waals surface area contributed by atoms with Crippen LogP contribution in [-0.2, 0) is 11.3 Å². The maximum Gasteiger partial charge on any atom is 0.0826 e. The lowest BCUT2D eigenvalue weighted by Gasteiger charge is -2.33. The largest absolute Gasteiger partial charge is 0.374 e. The molecule has 0 spiro atoms. The number of nitrogens with one attached hydrogen (secondary N) is 2. The number of rotatable bonds is 6. The molecular weight excluding hydrogens is 296 g/mol. The van der Waals surface area contributed by atoms with Gasteiger partial charge in [0.05, 0.1) is 29.5 Å². The molecule has 3 heterocycles. The van der Waals surface area contributed by atoms with E-state index in [2.05, 4.69) is 37.9 Å². The maximum atomic E-state index is 5.88. The van der Waals surface area contributed by atoms with Crippen LogP contribution in [0.1, 0.15) is 18.4 Å². The van der Waals surface area contributed by atoms with Gasteiger partial charge in [-0.1, -0.05) is 6.07 Å². The number of nitrogens with zero attached hydrogens (tertiary/aromatic N) is 2. The van der Waals surface area contributed by atoms with Crippen LogP contribution in [0.25, 0.3) is 10.6 Å². The lowest BCUT2D eigenvalue weighted by molar-refractivity contribution is -0.0301. The van der Waals surface area contributed by atoms with Crippen LogP contribution in [0.2, 0.25) is 0 Å². The topological polar surface area (TPSA) is 53.2 Å². The molecule has 2 aromatic heterocycles. The van der Waals surface area contributed by atoms with Gasteiger partial charge in [0.1, 0.15) is 0 Å². The number of H-pyrrole nitrogens is 1. The second kappa shape index (κ2) is 6.50. The normalized spacial score (nSPS) is 23.0. The fraction of sp³-hybridized carbons (Fsp3) is 0.562. The Morgan fingerprint density at radius 3 is 3.23 bits per heavy atom. The minimum Gasteiger partial charge on any atom is -0.374 e. The zero-order valence-electron chi connectivity index (χ0n) is 12.6. The van der Waals surface area contributed by atoms with Crippen molar-refractivity contribution in [3.8, 4) is 10.6 Å². The number of hydrogen-bond donors (Lipinski definition) is 2. The second-order valence-electron chi connectivity index (χ2n) is 6.10. The third-order valence-electron chi connectivity index (χ3n) is 4.41.